The van der Waals surface area contributed by atoms with E-state index >= 15 is 0 Å². The maximum Gasteiger partial charge on any atom is 0.266 e. The first-order chi connectivity index (χ1) is 17.7. The predicted molar refractivity (Wildman–Crippen MR) is 140 cm³/mol. The number of rotatable bonds is 5. The van der Waals surface area contributed by atoms with Crippen LogP contribution in [0.2, 0.25) is 0 Å². The summed E-state index contributed by atoms with van der Waals surface area (Å²) >= 11 is 0. The minimum atomic E-state index is -0.454. The van der Waals surface area contributed by atoms with Crippen molar-refractivity contribution in [2.75, 3.05) is 28.2 Å². The van der Waals surface area contributed by atoms with E-state index in [1.807, 2.05) is 30.9 Å². The van der Waals surface area contributed by atoms with Crippen LogP contribution in [0.5, 0.6) is 0 Å². The number of aromatic nitrogens is 1. The number of aryl methyl sites for hydroxylation is 2. The Morgan fingerprint density at radius 1 is 1.00 bits per heavy atom. The van der Waals surface area contributed by atoms with E-state index in [4.69, 9.17) is 5.73 Å². The van der Waals surface area contributed by atoms with Gasteiger partial charge in [0.15, 0.2) is 0 Å². The molecule has 37 heavy (non-hydrogen) atoms. The highest BCUT2D eigenvalue weighted by molar-refractivity contribution is 6.35. The molecule has 188 valence electrons. The van der Waals surface area contributed by atoms with Crippen LogP contribution in [0.25, 0.3) is 0 Å². The number of carbonyl (C=O) groups excluding carboxylic acids is 4. The number of nitrogens with zero attached hydrogens (tertiary/aromatic N) is 3. The van der Waals surface area contributed by atoms with Crippen molar-refractivity contribution in [2.24, 2.45) is 11.7 Å². The summed E-state index contributed by atoms with van der Waals surface area (Å²) in [5, 5.41) is 2.79. The second kappa shape index (κ2) is 9.50. The number of benzene rings is 2. The predicted octanol–water partition coefficient (Wildman–Crippen LogP) is 3.45. The highest BCUT2D eigenvalue weighted by Crippen LogP contribution is 2.32. The van der Waals surface area contributed by atoms with Crippen molar-refractivity contribution in [1.82, 2.24) is 4.98 Å². The second-order valence-electron chi connectivity index (χ2n) is 9.54. The van der Waals surface area contributed by atoms with E-state index in [1.165, 1.54) is 23.1 Å². The molecule has 0 spiro atoms. The fourth-order valence-electron chi connectivity index (χ4n) is 4.83. The van der Waals surface area contributed by atoms with Gasteiger partial charge >= 0.3 is 0 Å². The molecule has 1 saturated heterocycles. The number of carbonyl (C=O) groups is 4. The summed E-state index contributed by atoms with van der Waals surface area (Å²) in [6.07, 6.45) is 3.18. The van der Waals surface area contributed by atoms with E-state index < -0.39 is 17.7 Å². The molecular weight excluding hydrogens is 470 g/mol. The van der Waals surface area contributed by atoms with Crippen LogP contribution >= 0.6 is 0 Å². The van der Waals surface area contributed by atoms with Crippen molar-refractivity contribution in [3.63, 3.8) is 0 Å². The minimum Gasteiger partial charge on any atom is -0.369 e. The van der Waals surface area contributed by atoms with Crippen molar-refractivity contribution in [2.45, 2.75) is 26.7 Å². The standard InChI is InChI=1S/C28H27N5O4/c1-16-5-6-17(2)23(12-16)33-27(36)21-9-7-18(13-22(21)28(33)37)26(35)31-20-8-10-24(30-14-20)32-11-3-4-19(15-32)25(29)34/h5-10,12-14,19H,3-4,11,15H2,1-2H3,(H2,29,34)(H,31,35). The molecule has 9 nitrogen and oxygen atoms in total. The third-order valence-corrected chi connectivity index (χ3v) is 6.91. The second-order valence-corrected chi connectivity index (χ2v) is 9.54. The first-order valence-corrected chi connectivity index (χ1v) is 12.1. The number of amides is 4. The maximum atomic E-state index is 13.2. The number of pyridine rings is 1. The highest BCUT2D eigenvalue weighted by atomic mass is 16.2. The Morgan fingerprint density at radius 2 is 1.78 bits per heavy atom. The van der Waals surface area contributed by atoms with E-state index in [9.17, 15) is 19.2 Å². The molecule has 5 rings (SSSR count). The molecular formula is C28H27N5O4. The van der Waals surface area contributed by atoms with E-state index in [0.29, 0.717) is 23.7 Å². The van der Waals surface area contributed by atoms with E-state index in [-0.39, 0.29) is 28.5 Å². The molecule has 1 unspecified atom stereocenters. The van der Waals surface area contributed by atoms with E-state index in [0.717, 1.165) is 30.5 Å². The number of piperidine rings is 1. The topological polar surface area (TPSA) is 126 Å². The van der Waals surface area contributed by atoms with Gasteiger partial charge in [-0.25, -0.2) is 9.88 Å². The van der Waals surface area contributed by atoms with Crippen LogP contribution in [0, 0.1) is 19.8 Å². The van der Waals surface area contributed by atoms with Crippen LogP contribution < -0.4 is 20.9 Å². The smallest absolute Gasteiger partial charge is 0.266 e. The number of nitrogens with one attached hydrogen (secondary N) is 1. The molecule has 1 aromatic heterocycles. The Bertz CT molecular complexity index is 1430. The number of imide groups is 1. The van der Waals surface area contributed by atoms with Gasteiger partial charge in [0.25, 0.3) is 17.7 Å². The monoisotopic (exact) mass is 497 g/mol. The van der Waals surface area contributed by atoms with Gasteiger partial charge in [0.2, 0.25) is 5.91 Å². The average molecular weight is 498 g/mol. The third kappa shape index (κ3) is 4.55. The summed E-state index contributed by atoms with van der Waals surface area (Å²) in [5.74, 6) is -1.08. The molecule has 0 saturated carbocycles. The van der Waals surface area contributed by atoms with Crippen molar-refractivity contribution in [3.05, 3.63) is 82.5 Å². The molecule has 2 aromatic carbocycles. The lowest BCUT2D eigenvalue weighted by Crippen LogP contribution is -2.41. The van der Waals surface area contributed by atoms with Gasteiger partial charge < -0.3 is 16.0 Å². The largest absolute Gasteiger partial charge is 0.369 e. The molecule has 0 aliphatic carbocycles. The Kier molecular flexibility index (Phi) is 6.20. The zero-order chi connectivity index (χ0) is 26.3. The van der Waals surface area contributed by atoms with Crippen molar-refractivity contribution >= 4 is 40.8 Å². The summed E-state index contributed by atoms with van der Waals surface area (Å²) in [7, 11) is 0. The molecule has 2 aliphatic heterocycles. The molecule has 0 radical (unpaired) electrons. The summed E-state index contributed by atoms with van der Waals surface area (Å²) in [6, 6.07) is 13.6. The van der Waals surface area contributed by atoms with Gasteiger partial charge in [-0.1, -0.05) is 12.1 Å². The van der Waals surface area contributed by atoms with Crippen LogP contribution in [0.15, 0.2) is 54.7 Å². The summed E-state index contributed by atoms with van der Waals surface area (Å²) < 4.78 is 0. The molecule has 0 bridgehead atoms. The highest BCUT2D eigenvalue weighted by Gasteiger charge is 2.38. The number of nitrogens with two attached hydrogens (primary N) is 1. The van der Waals surface area contributed by atoms with E-state index in [1.54, 1.807) is 24.4 Å². The van der Waals surface area contributed by atoms with Gasteiger partial charge in [0.05, 0.1) is 34.6 Å². The molecule has 1 atom stereocenters. The third-order valence-electron chi connectivity index (χ3n) is 6.91. The Balaban J connectivity index is 1.31. The Hall–Kier alpha value is -4.53. The fraction of sp³-hybridized carbons (Fsp3) is 0.250. The van der Waals surface area contributed by atoms with Crippen molar-refractivity contribution in [3.8, 4) is 0 Å². The number of anilines is 3. The van der Waals surface area contributed by atoms with Gasteiger partial charge in [-0.3, -0.25) is 19.2 Å². The van der Waals surface area contributed by atoms with Gasteiger partial charge in [0, 0.05) is 18.7 Å². The van der Waals surface area contributed by atoms with Crippen LogP contribution in [0.1, 0.15) is 55.0 Å². The van der Waals surface area contributed by atoms with Crippen molar-refractivity contribution in [1.29, 1.82) is 0 Å². The number of hydrogen-bond acceptors (Lipinski definition) is 6. The van der Waals surface area contributed by atoms with Crippen LogP contribution in [-0.2, 0) is 4.79 Å². The normalized spacial score (nSPS) is 17.1. The van der Waals surface area contributed by atoms with Crippen LogP contribution in [0.4, 0.5) is 17.2 Å². The number of primary amides is 1. The Morgan fingerprint density at radius 3 is 2.51 bits per heavy atom. The van der Waals surface area contributed by atoms with E-state index in [2.05, 4.69) is 10.3 Å². The SMILES string of the molecule is Cc1ccc(C)c(N2C(=O)c3ccc(C(=O)Nc4ccc(N5CCCC(C(N)=O)C5)nc4)cc3C2=O)c1. The lowest BCUT2D eigenvalue weighted by molar-refractivity contribution is -0.122. The van der Waals surface area contributed by atoms with Gasteiger partial charge in [-0.05, 0) is 74.2 Å². The van der Waals surface area contributed by atoms with Crippen LogP contribution in [-0.4, -0.2) is 41.7 Å². The molecule has 9 heteroatoms. The number of hydrogen-bond donors (Lipinski definition) is 2. The summed E-state index contributed by atoms with van der Waals surface area (Å²) in [6.45, 7) is 5.05. The molecule has 3 aromatic rings. The minimum absolute atomic E-state index is 0.195. The van der Waals surface area contributed by atoms with Crippen molar-refractivity contribution < 1.29 is 19.2 Å². The summed E-state index contributed by atoms with van der Waals surface area (Å²) in [5.41, 5.74) is 8.95. The first kappa shape index (κ1) is 24.2. The zero-order valence-corrected chi connectivity index (χ0v) is 20.7. The summed E-state index contributed by atoms with van der Waals surface area (Å²) in [4.78, 5) is 58.3. The molecule has 2 aliphatic rings. The Labute approximate surface area is 214 Å². The molecule has 4 amide bonds. The lowest BCUT2D eigenvalue weighted by Gasteiger charge is -2.32. The zero-order valence-electron chi connectivity index (χ0n) is 20.7. The average Bonchev–Trinajstić information content (AvgIpc) is 3.15. The lowest BCUT2D eigenvalue weighted by atomic mass is 9.97. The molecule has 3 heterocycles. The van der Waals surface area contributed by atoms with Gasteiger partial charge in [-0.15, -0.1) is 0 Å². The quantitative estimate of drug-likeness (QED) is 0.520. The number of fused-ring (bicyclic) bond motifs is 1. The maximum absolute atomic E-state index is 13.2. The fourth-order valence-corrected chi connectivity index (χ4v) is 4.83. The van der Waals surface area contributed by atoms with Gasteiger partial charge in [0.1, 0.15) is 5.82 Å². The van der Waals surface area contributed by atoms with Crippen LogP contribution in [0.3, 0.4) is 0 Å². The molecule has 1 fully saturated rings. The first-order valence-electron chi connectivity index (χ1n) is 12.1. The molecule has 3 N–H and O–H groups in total. The van der Waals surface area contributed by atoms with Gasteiger partial charge in [-0.2, -0.15) is 0 Å².